The van der Waals surface area contributed by atoms with Crippen LogP contribution in [0.3, 0.4) is 0 Å². The van der Waals surface area contributed by atoms with E-state index >= 15 is 0 Å². The van der Waals surface area contributed by atoms with Gasteiger partial charge in [-0.05, 0) is 45.2 Å². The van der Waals surface area contributed by atoms with Crippen molar-refractivity contribution in [1.29, 1.82) is 0 Å². The third-order valence-corrected chi connectivity index (χ3v) is 6.75. The summed E-state index contributed by atoms with van der Waals surface area (Å²) in [4.78, 5) is 14.3. The van der Waals surface area contributed by atoms with Crippen molar-refractivity contribution in [3.63, 3.8) is 0 Å². The fourth-order valence-electron chi connectivity index (χ4n) is 3.83. The van der Waals surface area contributed by atoms with Crippen LogP contribution in [-0.2, 0) is 29.4 Å². The van der Waals surface area contributed by atoms with Crippen molar-refractivity contribution in [2.24, 2.45) is 0 Å². The number of aryl methyl sites for hydroxylation is 2. The van der Waals surface area contributed by atoms with Crippen LogP contribution in [0.25, 0.3) is 0 Å². The van der Waals surface area contributed by atoms with E-state index in [1.54, 1.807) is 0 Å². The standard InChI is InChI=1S/C21H28N4OS/c1-16-7-9-17(10-8-16)15-27(26)21-22-19-6-4-3-5-18(19)20(23-21)25-13-11-24(2)12-14-25/h7-10H,3-6,11-15H2,1-2H3. The van der Waals surface area contributed by atoms with E-state index in [4.69, 9.17) is 9.97 Å². The maximum atomic E-state index is 13.0. The molecule has 1 aliphatic carbocycles. The molecule has 5 nitrogen and oxygen atoms in total. The molecule has 6 heteroatoms. The molecule has 0 spiro atoms. The van der Waals surface area contributed by atoms with Gasteiger partial charge in [0.05, 0.1) is 22.2 Å². The van der Waals surface area contributed by atoms with E-state index in [9.17, 15) is 4.21 Å². The van der Waals surface area contributed by atoms with Gasteiger partial charge in [-0.1, -0.05) is 29.8 Å². The Morgan fingerprint density at radius 3 is 2.44 bits per heavy atom. The lowest BCUT2D eigenvalue weighted by atomic mass is 9.96. The summed E-state index contributed by atoms with van der Waals surface area (Å²) in [5, 5.41) is 0.505. The Balaban J connectivity index is 1.63. The molecule has 1 aliphatic heterocycles. The second-order valence-corrected chi connectivity index (χ2v) is 9.07. The van der Waals surface area contributed by atoms with Gasteiger partial charge < -0.3 is 9.80 Å². The number of fused-ring (bicyclic) bond motifs is 1. The first kappa shape index (κ1) is 18.6. The van der Waals surface area contributed by atoms with Crippen LogP contribution in [0.1, 0.15) is 35.2 Å². The number of anilines is 1. The normalized spacial score (nSPS) is 19.0. The van der Waals surface area contributed by atoms with Gasteiger partial charge in [0.1, 0.15) is 5.82 Å². The number of aromatic nitrogens is 2. The third-order valence-electron chi connectivity index (χ3n) is 5.57. The topological polar surface area (TPSA) is 49.3 Å². The molecule has 1 aromatic carbocycles. The van der Waals surface area contributed by atoms with Crippen LogP contribution in [0.2, 0.25) is 0 Å². The molecule has 0 bridgehead atoms. The Kier molecular flexibility index (Phi) is 5.55. The number of hydrogen-bond acceptors (Lipinski definition) is 5. The zero-order chi connectivity index (χ0) is 18.8. The van der Waals surface area contributed by atoms with Gasteiger partial charge in [-0.25, -0.2) is 9.97 Å². The van der Waals surface area contributed by atoms with Crippen LogP contribution < -0.4 is 4.90 Å². The third kappa shape index (κ3) is 4.22. The van der Waals surface area contributed by atoms with Gasteiger partial charge in [0.2, 0.25) is 5.16 Å². The minimum Gasteiger partial charge on any atom is -0.354 e. The smallest absolute Gasteiger partial charge is 0.221 e. The molecule has 2 aromatic rings. The Labute approximate surface area is 164 Å². The molecule has 1 fully saturated rings. The first-order valence-electron chi connectivity index (χ1n) is 9.87. The lowest BCUT2D eigenvalue weighted by Crippen LogP contribution is -2.45. The highest BCUT2D eigenvalue weighted by Gasteiger charge is 2.25. The molecule has 1 atom stereocenters. The molecule has 27 heavy (non-hydrogen) atoms. The molecule has 1 aromatic heterocycles. The number of hydrogen-bond donors (Lipinski definition) is 0. The lowest BCUT2D eigenvalue weighted by Gasteiger charge is -2.35. The molecule has 0 saturated carbocycles. The van der Waals surface area contributed by atoms with Crippen molar-refractivity contribution in [3.8, 4) is 0 Å². The van der Waals surface area contributed by atoms with E-state index in [0.29, 0.717) is 10.9 Å². The zero-order valence-electron chi connectivity index (χ0n) is 16.3. The SMILES string of the molecule is Cc1ccc(CS(=O)c2nc3c(c(N4CCN(C)CC4)n2)CCCC3)cc1. The van der Waals surface area contributed by atoms with Crippen LogP contribution in [0.15, 0.2) is 29.4 Å². The zero-order valence-corrected chi connectivity index (χ0v) is 17.1. The average molecular weight is 385 g/mol. The van der Waals surface area contributed by atoms with Gasteiger partial charge in [0, 0.05) is 31.7 Å². The largest absolute Gasteiger partial charge is 0.354 e. The molecule has 2 heterocycles. The summed E-state index contributed by atoms with van der Waals surface area (Å²) < 4.78 is 13.0. The Morgan fingerprint density at radius 1 is 1.00 bits per heavy atom. The van der Waals surface area contributed by atoms with Crippen LogP contribution >= 0.6 is 0 Å². The number of rotatable bonds is 4. The van der Waals surface area contributed by atoms with Crippen LogP contribution in [0.4, 0.5) is 5.82 Å². The van der Waals surface area contributed by atoms with Gasteiger partial charge in [-0.3, -0.25) is 4.21 Å². The monoisotopic (exact) mass is 384 g/mol. The minimum absolute atomic E-state index is 0.473. The van der Waals surface area contributed by atoms with Crippen molar-refractivity contribution in [2.75, 3.05) is 38.1 Å². The predicted molar refractivity (Wildman–Crippen MR) is 110 cm³/mol. The number of likely N-dealkylation sites (N-methyl/N-ethyl adjacent to an activating group) is 1. The number of piperazine rings is 1. The summed E-state index contributed by atoms with van der Waals surface area (Å²) >= 11 is 0. The Hall–Kier alpha value is -1.79. The molecule has 2 aliphatic rings. The van der Waals surface area contributed by atoms with Crippen molar-refractivity contribution < 1.29 is 4.21 Å². The molecule has 1 unspecified atom stereocenters. The summed E-state index contributed by atoms with van der Waals surface area (Å²) in [7, 11) is 0.941. The quantitative estimate of drug-likeness (QED) is 0.759. The second-order valence-electron chi connectivity index (χ2n) is 7.73. The lowest BCUT2D eigenvalue weighted by molar-refractivity contribution is 0.311. The predicted octanol–water partition coefficient (Wildman–Crippen LogP) is 2.72. The van der Waals surface area contributed by atoms with Gasteiger partial charge in [-0.15, -0.1) is 0 Å². The molecular weight excluding hydrogens is 356 g/mol. The Morgan fingerprint density at radius 2 is 1.70 bits per heavy atom. The highest BCUT2D eigenvalue weighted by Crippen LogP contribution is 2.29. The highest BCUT2D eigenvalue weighted by molar-refractivity contribution is 7.84. The van der Waals surface area contributed by atoms with Crippen LogP contribution in [-0.4, -0.2) is 52.3 Å². The first-order valence-corrected chi connectivity index (χ1v) is 11.2. The van der Waals surface area contributed by atoms with Crippen molar-refractivity contribution in [1.82, 2.24) is 14.9 Å². The van der Waals surface area contributed by atoms with Gasteiger partial charge in [-0.2, -0.15) is 0 Å². The fraction of sp³-hybridized carbons (Fsp3) is 0.524. The van der Waals surface area contributed by atoms with Crippen molar-refractivity contribution in [3.05, 3.63) is 46.6 Å². The molecular formula is C21H28N4OS. The fourth-order valence-corrected chi connectivity index (χ4v) is 4.86. The molecule has 4 rings (SSSR count). The first-order chi connectivity index (χ1) is 13.1. The van der Waals surface area contributed by atoms with Crippen LogP contribution in [0, 0.1) is 6.92 Å². The average Bonchev–Trinajstić information content (AvgIpc) is 2.69. The van der Waals surface area contributed by atoms with E-state index in [1.165, 1.54) is 17.5 Å². The summed E-state index contributed by atoms with van der Waals surface area (Å²) in [6.07, 6.45) is 4.38. The summed E-state index contributed by atoms with van der Waals surface area (Å²) in [6, 6.07) is 8.23. The molecule has 0 N–H and O–H groups in total. The van der Waals surface area contributed by atoms with Crippen molar-refractivity contribution >= 4 is 16.6 Å². The molecule has 1 saturated heterocycles. The van der Waals surface area contributed by atoms with Gasteiger partial charge in [0.15, 0.2) is 0 Å². The van der Waals surface area contributed by atoms with E-state index in [-0.39, 0.29) is 0 Å². The summed E-state index contributed by atoms with van der Waals surface area (Å²) in [5.74, 6) is 1.52. The molecule has 0 amide bonds. The number of nitrogens with zero attached hydrogens (tertiary/aromatic N) is 4. The van der Waals surface area contributed by atoms with E-state index in [1.807, 2.05) is 12.1 Å². The maximum Gasteiger partial charge on any atom is 0.221 e. The van der Waals surface area contributed by atoms with E-state index in [2.05, 4.69) is 35.9 Å². The maximum absolute atomic E-state index is 13.0. The summed E-state index contributed by atoms with van der Waals surface area (Å²) in [6.45, 7) is 6.10. The number of benzene rings is 1. The van der Waals surface area contributed by atoms with Crippen LogP contribution in [0.5, 0.6) is 0 Å². The Bertz CT molecular complexity index is 829. The van der Waals surface area contributed by atoms with Gasteiger partial charge >= 0.3 is 0 Å². The molecule has 0 radical (unpaired) electrons. The van der Waals surface area contributed by atoms with Gasteiger partial charge in [0.25, 0.3) is 0 Å². The highest BCUT2D eigenvalue weighted by atomic mass is 32.2. The van der Waals surface area contributed by atoms with E-state index in [0.717, 1.165) is 62.5 Å². The molecule has 144 valence electrons. The van der Waals surface area contributed by atoms with Crippen molar-refractivity contribution in [2.45, 2.75) is 43.5 Å². The minimum atomic E-state index is -1.22. The van der Waals surface area contributed by atoms with E-state index < -0.39 is 10.8 Å². The second kappa shape index (κ2) is 8.07. The summed E-state index contributed by atoms with van der Waals surface area (Å²) in [5.41, 5.74) is 4.70.